The van der Waals surface area contributed by atoms with E-state index in [4.69, 9.17) is 9.47 Å². The summed E-state index contributed by atoms with van der Waals surface area (Å²) < 4.78 is 9.88. The van der Waals surface area contributed by atoms with Gasteiger partial charge in [0.25, 0.3) is 0 Å². The zero-order valence-electron chi connectivity index (χ0n) is 10.7. The van der Waals surface area contributed by atoms with Crippen LogP contribution >= 0.6 is 0 Å². The number of methoxy groups -OCH3 is 2. The minimum Gasteiger partial charge on any atom is -0.497 e. The minimum absolute atomic E-state index is 0.233. The molecule has 0 spiro atoms. The number of benzene rings is 1. The number of hydrogen-bond acceptors (Lipinski definition) is 4. The minimum atomic E-state index is -0.233. The van der Waals surface area contributed by atoms with Gasteiger partial charge in [-0.25, -0.2) is 4.79 Å². The number of nitrogens with one attached hydrogen (secondary N) is 1. The van der Waals surface area contributed by atoms with Crippen LogP contribution in [0.25, 0.3) is 0 Å². The highest BCUT2D eigenvalue weighted by atomic mass is 16.5. The molecular formula is C14H17NO3. The standard InChI is InChI=1S/C14H17NO3/c1-17-11-8-6-10(7-9-11)15-13-5-3-4-12(13)14(16)18-2/h6-9,15H,3-5H2,1-2H3. The number of rotatable bonds is 4. The molecule has 0 unspecified atom stereocenters. The molecule has 1 N–H and O–H groups in total. The molecule has 0 aromatic heterocycles. The van der Waals surface area contributed by atoms with Crippen molar-refractivity contribution in [2.24, 2.45) is 0 Å². The normalized spacial score (nSPS) is 14.6. The van der Waals surface area contributed by atoms with Crippen LogP contribution in [0.2, 0.25) is 0 Å². The second-order valence-electron chi connectivity index (χ2n) is 4.16. The van der Waals surface area contributed by atoms with E-state index >= 15 is 0 Å². The molecule has 0 radical (unpaired) electrons. The van der Waals surface area contributed by atoms with Crippen LogP contribution in [-0.4, -0.2) is 20.2 Å². The Morgan fingerprint density at radius 3 is 2.50 bits per heavy atom. The average Bonchev–Trinajstić information content (AvgIpc) is 2.87. The molecule has 0 amide bonds. The zero-order valence-corrected chi connectivity index (χ0v) is 10.7. The Labute approximate surface area is 107 Å². The Morgan fingerprint density at radius 1 is 1.17 bits per heavy atom. The Balaban J connectivity index is 2.14. The highest BCUT2D eigenvalue weighted by Gasteiger charge is 2.21. The van der Waals surface area contributed by atoms with Gasteiger partial charge < -0.3 is 14.8 Å². The third-order valence-electron chi connectivity index (χ3n) is 3.03. The lowest BCUT2D eigenvalue weighted by atomic mass is 10.2. The Kier molecular flexibility index (Phi) is 3.87. The summed E-state index contributed by atoms with van der Waals surface area (Å²) in [6, 6.07) is 7.63. The molecule has 1 aromatic carbocycles. The number of ether oxygens (including phenoxy) is 2. The van der Waals surface area contributed by atoms with Crippen LogP contribution in [0.3, 0.4) is 0 Å². The number of hydrogen-bond donors (Lipinski definition) is 1. The number of carbonyl (C=O) groups is 1. The lowest BCUT2D eigenvalue weighted by Crippen LogP contribution is -2.08. The molecule has 1 aromatic rings. The number of esters is 1. The summed E-state index contributed by atoms with van der Waals surface area (Å²) in [5, 5.41) is 3.28. The van der Waals surface area contributed by atoms with E-state index in [9.17, 15) is 4.79 Å². The first-order chi connectivity index (χ1) is 8.74. The number of anilines is 1. The fourth-order valence-corrected chi connectivity index (χ4v) is 2.08. The van der Waals surface area contributed by atoms with E-state index in [-0.39, 0.29) is 5.97 Å². The molecule has 0 fully saturated rings. The van der Waals surface area contributed by atoms with Crippen molar-refractivity contribution in [3.05, 3.63) is 35.5 Å². The molecule has 0 saturated carbocycles. The third kappa shape index (κ3) is 2.64. The van der Waals surface area contributed by atoms with Crippen molar-refractivity contribution in [3.8, 4) is 5.75 Å². The second kappa shape index (κ2) is 5.58. The fourth-order valence-electron chi connectivity index (χ4n) is 2.08. The van der Waals surface area contributed by atoms with Crippen molar-refractivity contribution in [3.63, 3.8) is 0 Å². The lowest BCUT2D eigenvalue weighted by molar-refractivity contribution is -0.136. The van der Waals surface area contributed by atoms with Crippen LogP contribution in [0.1, 0.15) is 19.3 Å². The molecule has 1 aliphatic carbocycles. The van der Waals surface area contributed by atoms with Gasteiger partial charge in [0.2, 0.25) is 0 Å². The van der Waals surface area contributed by atoms with Gasteiger partial charge in [0.15, 0.2) is 0 Å². The Morgan fingerprint density at radius 2 is 1.89 bits per heavy atom. The molecule has 1 aliphatic rings. The second-order valence-corrected chi connectivity index (χ2v) is 4.16. The molecule has 4 nitrogen and oxygen atoms in total. The van der Waals surface area contributed by atoms with Crippen LogP contribution in [-0.2, 0) is 9.53 Å². The van der Waals surface area contributed by atoms with Crippen LogP contribution in [0.4, 0.5) is 5.69 Å². The van der Waals surface area contributed by atoms with Crippen molar-refractivity contribution in [2.45, 2.75) is 19.3 Å². The Hall–Kier alpha value is -1.97. The van der Waals surface area contributed by atoms with E-state index in [0.29, 0.717) is 0 Å². The maximum Gasteiger partial charge on any atom is 0.335 e. The molecule has 0 saturated heterocycles. The SMILES string of the molecule is COC(=O)C1=C(Nc2ccc(OC)cc2)CCC1. The molecule has 0 heterocycles. The van der Waals surface area contributed by atoms with Gasteiger partial charge in [-0.15, -0.1) is 0 Å². The highest BCUT2D eigenvalue weighted by molar-refractivity contribution is 5.90. The molecule has 4 heteroatoms. The number of carbonyl (C=O) groups excluding carboxylic acids is 1. The largest absolute Gasteiger partial charge is 0.497 e. The Bertz CT molecular complexity index is 462. The first kappa shape index (κ1) is 12.5. The van der Waals surface area contributed by atoms with E-state index in [0.717, 1.165) is 42.0 Å². The van der Waals surface area contributed by atoms with Gasteiger partial charge in [0.05, 0.1) is 19.8 Å². The monoisotopic (exact) mass is 247 g/mol. The summed E-state index contributed by atoms with van der Waals surface area (Å²) >= 11 is 0. The van der Waals surface area contributed by atoms with Gasteiger partial charge in [0.1, 0.15) is 5.75 Å². The van der Waals surface area contributed by atoms with Gasteiger partial charge in [-0.05, 0) is 43.5 Å². The maximum atomic E-state index is 11.6. The highest BCUT2D eigenvalue weighted by Crippen LogP contribution is 2.28. The van der Waals surface area contributed by atoms with Crippen molar-refractivity contribution in [1.29, 1.82) is 0 Å². The van der Waals surface area contributed by atoms with Gasteiger partial charge in [-0.3, -0.25) is 0 Å². The molecule has 0 atom stereocenters. The molecule has 18 heavy (non-hydrogen) atoms. The molecular weight excluding hydrogens is 230 g/mol. The molecule has 0 bridgehead atoms. The first-order valence-corrected chi connectivity index (χ1v) is 5.96. The van der Waals surface area contributed by atoms with Gasteiger partial charge in [0, 0.05) is 11.4 Å². The van der Waals surface area contributed by atoms with E-state index in [1.165, 1.54) is 7.11 Å². The predicted octanol–water partition coefficient (Wildman–Crippen LogP) is 2.72. The van der Waals surface area contributed by atoms with E-state index < -0.39 is 0 Å². The topological polar surface area (TPSA) is 47.6 Å². The number of allylic oxidation sites excluding steroid dienone is 1. The van der Waals surface area contributed by atoms with Crippen molar-refractivity contribution in [2.75, 3.05) is 19.5 Å². The van der Waals surface area contributed by atoms with E-state index in [1.54, 1.807) is 7.11 Å². The molecule has 2 rings (SSSR count). The summed E-state index contributed by atoms with van der Waals surface area (Å²) in [4.78, 5) is 11.6. The van der Waals surface area contributed by atoms with Crippen LogP contribution in [0.15, 0.2) is 35.5 Å². The first-order valence-electron chi connectivity index (χ1n) is 5.96. The smallest absolute Gasteiger partial charge is 0.335 e. The van der Waals surface area contributed by atoms with Crippen molar-refractivity contribution < 1.29 is 14.3 Å². The van der Waals surface area contributed by atoms with Crippen LogP contribution in [0, 0.1) is 0 Å². The average molecular weight is 247 g/mol. The summed E-state index contributed by atoms with van der Waals surface area (Å²) in [6.07, 6.45) is 2.66. The van der Waals surface area contributed by atoms with Crippen LogP contribution in [0.5, 0.6) is 5.75 Å². The predicted molar refractivity (Wildman–Crippen MR) is 69.5 cm³/mol. The lowest BCUT2D eigenvalue weighted by Gasteiger charge is -2.10. The summed E-state index contributed by atoms with van der Waals surface area (Å²) in [6.45, 7) is 0. The van der Waals surface area contributed by atoms with Crippen molar-refractivity contribution in [1.82, 2.24) is 0 Å². The maximum absolute atomic E-state index is 11.6. The van der Waals surface area contributed by atoms with Gasteiger partial charge in [-0.1, -0.05) is 0 Å². The van der Waals surface area contributed by atoms with E-state index in [2.05, 4.69) is 5.32 Å². The third-order valence-corrected chi connectivity index (χ3v) is 3.03. The molecule has 96 valence electrons. The fraction of sp³-hybridized carbons (Fsp3) is 0.357. The van der Waals surface area contributed by atoms with E-state index in [1.807, 2.05) is 24.3 Å². The van der Waals surface area contributed by atoms with Gasteiger partial charge in [-0.2, -0.15) is 0 Å². The van der Waals surface area contributed by atoms with Gasteiger partial charge >= 0.3 is 5.97 Å². The molecule has 0 aliphatic heterocycles. The summed E-state index contributed by atoms with van der Waals surface area (Å²) in [5.74, 6) is 0.581. The quantitative estimate of drug-likeness (QED) is 0.831. The zero-order chi connectivity index (χ0) is 13.0. The summed E-state index contributed by atoms with van der Waals surface area (Å²) in [5.41, 5.74) is 2.68. The summed E-state index contributed by atoms with van der Waals surface area (Å²) in [7, 11) is 3.05. The van der Waals surface area contributed by atoms with Crippen molar-refractivity contribution >= 4 is 11.7 Å². The van der Waals surface area contributed by atoms with Crippen LogP contribution < -0.4 is 10.1 Å².